The molecule has 1 saturated carbocycles. The van der Waals surface area contributed by atoms with Crippen molar-refractivity contribution in [3.8, 4) is 5.75 Å². The zero-order valence-electron chi connectivity index (χ0n) is 22.2. The van der Waals surface area contributed by atoms with Gasteiger partial charge in [-0.3, -0.25) is 4.79 Å². The van der Waals surface area contributed by atoms with Crippen LogP contribution >= 0.6 is 11.6 Å². The summed E-state index contributed by atoms with van der Waals surface area (Å²) in [6.45, 7) is 2.75. The second-order valence-electron chi connectivity index (χ2n) is 11.9. The van der Waals surface area contributed by atoms with E-state index in [0.717, 1.165) is 57.5 Å². The molecule has 198 valence electrons. The summed E-state index contributed by atoms with van der Waals surface area (Å²) in [5.74, 6) is 2.50. The van der Waals surface area contributed by atoms with Crippen LogP contribution in [0.1, 0.15) is 80.5 Å². The van der Waals surface area contributed by atoms with Gasteiger partial charge in [0.2, 0.25) is 5.91 Å². The van der Waals surface area contributed by atoms with Crippen molar-refractivity contribution < 1.29 is 19.8 Å². The fourth-order valence-corrected chi connectivity index (χ4v) is 8.58. The minimum absolute atomic E-state index is 0.0371. The van der Waals surface area contributed by atoms with Gasteiger partial charge in [-0.1, -0.05) is 37.5 Å². The molecule has 2 aromatic rings. The van der Waals surface area contributed by atoms with E-state index in [1.165, 1.54) is 48.9 Å². The predicted molar refractivity (Wildman–Crippen MR) is 145 cm³/mol. The van der Waals surface area contributed by atoms with Gasteiger partial charge in [-0.05, 0) is 79.7 Å². The van der Waals surface area contributed by atoms with E-state index in [9.17, 15) is 4.79 Å². The number of pyridine rings is 1. The molecule has 2 aliphatic carbocycles. The molecule has 2 saturated heterocycles. The summed E-state index contributed by atoms with van der Waals surface area (Å²) in [4.78, 5) is 20.4. The van der Waals surface area contributed by atoms with Gasteiger partial charge in [0, 0.05) is 30.6 Å². The van der Waals surface area contributed by atoms with E-state index in [0.29, 0.717) is 28.9 Å². The Morgan fingerprint density at radius 1 is 1.11 bits per heavy atom. The molecule has 1 aromatic heterocycles. The van der Waals surface area contributed by atoms with Crippen LogP contribution in [0.5, 0.6) is 5.75 Å². The van der Waals surface area contributed by atoms with Gasteiger partial charge in [0.15, 0.2) is 5.69 Å². The zero-order valence-corrected chi connectivity index (χ0v) is 22.9. The van der Waals surface area contributed by atoms with Crippen LogP contribution in [0.25, 0.3) is 0 Å². The fraction of sp³-hybridized carbons (Fsp3) is 0.613. The number of benzene rings is 1. The van der Waals surface area contributed by atoms with E-state index in [1.807, 2.05) is 6.07 Å². The second-order valence-corrected chi connectivity index (χ2v) is 12.4. The number of nitrogens with one attached hydrogen (secondary N) is 1. The molecule has 5 nitrogen and oxygen atoms in total. The maximum absolute atomic E-state index is 14.6. The molecule has 1 amide bonds. The Hall–Kier alpha value is -2.11. The maximum Gasteiger partial charge on any atom is 0.273 e. The summed E-state index contributed by atoms with van der Waals surface area (Å²) in [5.41, 5.74) is 3.82. The number of hydrogen-bond acceptors (Lipinski definition) is 2. The second kappa shape index (κ2) is 10.6. The highest BCUT2D eigenvalue weighted by atomic mass is 35.5. The monoisotopic (exact) mass is 523 g/mol. The van der Waals surface area contributed by atoms with E-state index in [-0.39, 0.29) is 11.3 Å². The Labute approximate surface area is 226 Å². The quantitative estimate of drug-likeness (QED) is 0.608. The summed E-state index contributed by atoms with van der Waals surface area (Å²) in [6.07, 6.45) is 11.7. The average Bonchev–Trinajstić information content (AvgIpc) is 3.36. The standard InChI is InChI=1S/C31H40ClN3O2/c1-37-28-12-6-5-10-23(28)22-15-17-35(27(18-22)21-8-3-2-4-9-21)30(36)25-19-33-20-31(25)16-7-11-26-24(31)13-14-29(32)34-26/h5-6,10,12-14,21-22,25,27,33H,2-4,7-9,11,15-20H2,1H3/p+2/t22-,25+,27?,31+/m1/s1. The first-order valence-electron chi connectivity index (χ1n) is 14.6. The van der Waals surface area contributed by atoms with Crippen LogP contribution in [-0.2, 0) is 16.6 Å². The molecule has 1 unspecified atom stereocenters. The van der Waals surface area contributed by atoms with Gasteiger partial charge >= 0.3 is 0 Å². The van der Waals surface area contributed by atoms with Crippen molar-refractivity contribution in [2.75, 3.05) is 26.7 Å². The van der Waals surface area contributed by atoms with E-state index < -0.39 is 0 Å². The number of amides is 1. The number of quaternary nitrogens is 1. The van der Waals surface area contributed by atoms with Crippen molar-refractivity contribution in [3.05, 3.63) is 58.4 Å². The lowest BCUT2D eigenvalue weighted by Gasteiger charge is -2.47. The number of H-pyrrole nitrogens is 1. The number of aromatic amines is 1. The van der Waals surface area contributed by atoms with Crippen LogP contribution in [0.2, 0.25) is 5.15 Å². The minimum atomic E-state index is -0.0810. The van der Waals surface area contributed by atoms with E-state index in [4.69, 9.17) is 16.3 Å². The SMILES string of the molecule is COc1ccccc1[C@@H]1CCN(C(=O)[C@@H]2C[NH2+]C[C@]23CCCc2[nH+]c(Cl)ccc23)C(C2CCCCC2)C1. The third kappa shape index (κ3) is 4.57. The topological polar surface area (TPSA) is 60.3 Å². The van der Waals surface area contributed by atoms with E-state index in [2.05, 4.69) is 45.5 Å². The molecule has 4 aliphatic rings. The van der Waals surface area contributed by atoms with Crippen LogP contribution in [0, 0.1) is 11.8 Å². The number of para-hydroxylation sites is 1. The number of carbonyl (C=O) groups excluding carboxylic acids is 1. The number of nitrogens with zero attached hydrogens (tertiary/aromatic N) is 1. The number of halogens is 1. The Morgan fingerprint density at radius 3 is 2.78 bits per heavy atom. The number of methoxy groups -OCH3 is 1. The fourth-order valence-electron chi connectivity index (χ4n) is 8.40. The van der Waals surface area contributed by atoms with Crippen LogP contribution < -0.4 is 15.0 Å². The summed E-state index contributed by atoms with van der Waals surface area (Å²) in [6, 6.07) is 13.0. The first-order chi connectivity index (χ1) is 18.1. The smallest absolute Gasteiger partial charge is 0.273 e. The molecule has 1 spiro atoms. The Kier molecular flexibility index (Phi) is 7.19. The lowest BCUT2D eigenvalue weighted by atomic mass is 9.64. The Morgan fingerprint density at radius 2 is 1.95 bits per heavy atom. The molecular formula is C31H42ClN3O2+2. The third-order valence-corrected chi connectivity index (χ3v) is 10.4. The molecular weight excluding hydrogens is 482 g/mol. The van der Waals surface area contributed by atoms with Gasteiger partial charge in [-0.25, -0.2) is 0 Å². The van der Waals surface area contributed by atoms with Crippen LogP contribution in [0.15, 0.2) is 36.4 Å². The number of hydrogen-bond donors (Lipinski definition) is 1. The zero-order chi connectivity index (χ0) is 25.4. The highest BCUT2D eigenvalue weighted by molar-refractivity contribution is 6.28. The van der Waals surface area contributed by atoms with Crippen molar-refractivity contribution in [2.24, 2.45) is 11.8 Å². The van der Waals surface area contributed by atoms with Gasteiger partial charge in [-0.15, -0.1) is 0 Å². The van der Waals surface area contributed by atoms with Gasteiger partial charge < -0.3 is 15.0 Å². The van der Waals surface area contributed by atoms with Crippen molar-refractivity contribution in [1.29, 1.82) is 0 Å². The van der Waals surface area contributed by atoms with Gasteiger partial charge in [0.25, 0.3) is 5.15 Å². The molecule has 2 aliphatic heterocycles. The van der Waals surface area contributed by atoms with E-state index >= 15 is 0 Å². The van der Waals surface area contributed by atoms with Crippen molar-refractivity contribution in [2.45, 2.75) is 81.6 Å². The average molecular weight is 524 g/mol. The normalized spacial score (nSPS) is 30.3. The van der Waals surface area contributed by atoms with Crippen LogP contribution in [0.4, 0.5) is 0 Å². The van der Waals surface area contributed by atoms with Crippen LogP contribution in [0.3, 0.4) is 0 Å². The predicted octanol–water partition coefficient (Wildman–Crippen LogP) is 4.29. The molecule has 37 heavy (non-hydrogen) atoms. The van der Waals surface area contributed by atoms with Gasteiger partial charge in [0.05, 0.1) is 25.6 Å². The minimum Gasteiger partial charge on any atom is -0.496 e. The summed E-state index contributed by atoms with van der Waals surface area (Å²) >= 11 is 6.34. The molecule has 3 N–H and O–H groups in total. The highest BCUT2D eigenvalue weighted by Gasteiger charge is 2.56. The number of aryl methyl sites for hydroxylation is 1. The molecule has 6 heteroatoms. The molecule has 3 heterocycles. The lowest BCUT2D eigenvalue weighted by molar-refractivity contribution is -0.640. The number of rotatable bonds is 4. The number of fused-ring (bicyclic) bond motifs is 2. The largest absolute Gasteiger partial charge is 0.496 e. The lowest BCUT2D eigenvalue weighted by Crippen LogP contribution is -2.82. The molecule has 1 aromatic carbocycles. The first kappa shape index (κ1) is 25.2. The van der Waals surface area contributed by atoms with Crippen molar-refractivity contribution >= 4 is 17.5 Å². The van der Waals surface area contributed by atoms with Crippen molar-refractivity contribution in [1.82, 2.24) is 4.90 Å². The highest BCUT2D eigenvalue weighted by Crippen LogP contribution is 2.46. The molecule has 4 atom stereocenters. The molecule has 0 bridgehead atoms. The third-order valence-electron chi connectivity index (χ3n) is 10.2. The van der Waals surface area contributed by atoms with Crippen LogP contribution in [-0.4, -0.2) is 43.6 Å². The number of nitrogens with two attached hydrogens (primary N) is 1. The number of piperidine rings is 1. The number of carbonyl (C=O) groups is 1. The maximum atomic E-state index is 14.6. The Balaban J connectivity index is 1.31. The molecule has 6 rings (SSSR count). The van der Waals surface area contributed by atoms with Crippen molar-refractivity contribution in [3.63, 3.8) is 0 Å². The number of likely N-dealkylation sites (tertiary alicyclic amines) is 1. The number of ether oxygens (including phenoxy) is 1. The molecule has 3 fully saturated rings. The summed E-state index contributed by atoms with van der Waals surface area (Å²) < 4.78 is 5.75. The first-order valence-corrected chi connectivity index (χ1v) is 14.9. The molecule has 0 radical (unpaired) electrons. The summed E-state index contributed by atoms with van der Waals surface area (Å²) in [5, 5.41) is 3.08. The van der Waals surface area contributed by atoms with E-state index in [1.54, 1.807) is 7.11 Å². The van der Waals surface area contributed by atoms with Gasteiger partial charge in [0.1, 0.15) is 11.7 Å². The van der Waals surface area contributed by atoms with Gasteiger partial charge in [-0.2, -0.15) is 4.98 Å². The summed E-state index contributed by atoms with van der Waals surface area (Å²) in [7, 11) is 1.78. The number of aromatic nitrogens is 1. The Bertz CT molecular complexity index is 1130.